The normalized spacial score (nSPS) is 14.2. The Morgan fingerprint density at radius 2 is 2.24 bits per heavy atom. The third-order valence-corrected chi connectivity index (χ3v) is 5.11. The van der Waals surface area contributed by atoms with Crippen LogP contribution in [0.1, 0.15) is 21.7 Å². The number of halogens is 1. The lowest BCUT2D eigenvalue weighted by molar-refractivity contribution is 0.102. The molecule has 3 N–H and O–H groups in total. The Morgan fingerprint density at radius 1 is 1.31 bits per heavy atom. The van der Waals surface area contributed by atoms with Gasteiger partial charge in [-0.25, -0.2) is 13.9 Å². The molecule has 0 spiro atoms. The third-order valence-electron chi connectivity index (χ3n) is 5.11. The number of carbonyl (C=O) groups is 1. The fourth-order valence-electron chi connectivity index (χ4n) is 3.64. The van der Waals surface area contributed by atoms with Crippen LogP contribution in [0.4, 0.5) is 10.1 Å². The van der Waals surface area contributed by atoms with Gasteiger partial charge in [-0.1, -0.05) is 6.07 Å². The maximum atomic E-state index is 12.8. The van der Waals surface area contributed by atoms with Crippen LogP contribution < -0.4 is 5.32 Å². The van der Waals surface area contributed by atoms with E-state index in [0.717, 1.165) is 29.9 Å². The van der Waals surface area contributed by atoms with E-state index in [2.05, 4.69) is 30.6 Å². The van der Waals surface area contributed by atoms with Gasteiger partial charge in [-0.05, 0) is 12.1 Å². The highest BCUT2D eigenvalue weighted by Crippen LogP contribution is 2.27. The fourth-order valence-corrected chi connectivity index (χ4v) is 3.64. The van der Waals surface area contributed by atoms with Crippen LogP contribution in [-0.4, -0.2) is 60.4 Å². The highest BCUT2D eigenvalue weighted by atomic mass is 19.1. The van der Waals surface area contributed by atoms with E-state index in [9.17, 15) is 9.18 Å². The van der Waals surface area contributed by atoms with Crippen molar-refractivity contribution >= 4 is 17.1 Å². The maximum absolute atomic E-state index is 12.8. The number of hydrogen-bond acceptors (Lipinski definition) is 5. The first-order valence-corrected chi connectivity index (χ1v) is 9.36. The Bertz CT molecular complexity index is 1180. The first kappa shape index (κ1) is 17.6. The van der Waals surface area contributed by atoms with Gasteiger partial charge in [-0.2, -0.15) is 10.2 Å². The predicted molar refractivity (Wildman–Crippen MR) is 104 cm³/mol. The molecule has 5 heterocycles. The number of imidazole rings is 1. The number of alkyl halides is 1. The standard InChI is InChI=1S/C19H19FN8O/c20-5-8-27-7-4-13-15(11-27)24-18(23-13)17-14(10-21-26-17)25-19(29)12-9-22-28-6-2-1-3-16(12)28/h1-3,6,9-10H,4-5,7-8,11H2,(H,21,26)(H,23,24)(H,25,29). The minimum absolute atomic E-state index is 0.278. The van der Waals surface area contributed by atoms with E-state index in [-0.39, 0.29) is 12.6 Å². The fraction of sp³-hybridized carbons (Fsp3) is 0.263. The van der Waals surface area contributed by atoms with Gasteiger partial charge in [0, 0.05) is 32.3 Å². The van der Waals surface area contributed by atoms with Crippen LogP contribution in [0.25, 0.3) is 17.0 Å². The second-order valence-corrected chi connectivity index (χ2v) is 6.93. The molecule has 0 saturated heterocycles. The van der Waals surface area contributed by atoms with E-state index in [0.29, 0.717) is 35.9 Å². The highest BCUT2D eigenvalue weighted by molar-refractivity contribution is 6.09. The molecule has 148 valence electrons. The number of nitrogens with zero attached hydrogens (tertiary/aromatic N) is 5. The Morgan fingerprint density at radius 3 is 3.14 bits per heavy atom. The number of nitrogens with one attached hydrogen (secondary N) is 3. The topological polar surface area (TPSA) is 107 Å². The Kier molecular flexibility index (Phi) is 4.32. The second-order valence-electron chi connectivity index (χ2n) is 6.93. The summed E-state index contributed by atoms with van der Waals surface area (Å²) in [6.07, 6.45) is 5.63. The average molecular weight is 394 g/mol. The molecule has 29 heavy (non-hydrogen) atoms. The number of aromatic nitrogens is 6. The zero-order valence-electron chi connectivity index (χ0n) is 15.5. The summed E-state index contributed by atoms with van der Waals surface area (Å²) in [5.41, 5.74) is 4.24. The van der Waals surface area contributed by atoms with Gasteiger partial charge < -0.3 is 10.3 Å². The lowest BCUT2D eigenvalue weighted by Crippen LogP contribution is -2.32. The lowest BCUT2D eigenvalue weighted by atomic mass is 10.1. The summed E-state index contributed by atoms with van der Waals surface area (Å²) in [7, 11) is 0. The molecule has 1 amide bonds. The summed E-state index contributed by atoms with van der Waals surface area (Å²) in [5, 5.41) is 14.1. The van der Waals surface area contributed by atoms with Crippen LogP contribution >= 0.6 is 0 Å². The number of amides is 1. The first-order chi connectivity index (χ1) is 14.2. The van der Waals surface area contributed by atoms with Gasteiger partial charge >= 0.3 is 0 Å². The molecule has 9 nitrogen and oxygen atoms in total. The highest BCUT2D eigenvalue weighted by Gasteiger charge is 2.23. The van der Waals surface area contributed by atoms with Crippen LogP contribution in [0, 0.1) is 0 Å². The summed E-state index contributed by atoms with van der Waals surface area (Å²) >= 11 is 0. The Balaban J connectivity index is 1.40. The number of aromatic amines is 2. The quantitative estimate of drug-likeness (QED) is 0.480. The van der Waals surface area contributed by atoms with Crippen molar-refractivity contribution < 1.29 is 9.18 Å². The van der Waals surface area contributed by atoms with Gasteiger partial charge in [0.15, 0.2) is 5.82 Å². The molecule has 0 aromatic carbocycles. The summed E-state index contributed by atoms with van der Waals surface area (Å²) in [5.74, 6) is 0.323. The molecule has 1 aliphatic rings. The van der Waals surface area contributed by atoms with Crippen molar-refractivity contribution in [2.75, 3.05) is 25.1 Å². The predicted octanol–water partition coefficient (Wildman–Crippen LogP) is 2.03. The van der Waals surface area contributed by atoms with Gasteiger partial charge in [-0.15, -0.1) is 0 Å². The molecule has 0 bridgehead atoms. The van der Waals surface area contributed by atoms with E-state index in [4.69, 9.17) is 0 Å². The minimum Gasteiger partial charge on any atom is -0.339 e. The van der Waals surface area contributed by atoms with Gasteiger partial charge in [0.25, 0.3) is 5.91 Å². The molecule has 5 rings (SSSR count). The Labute approximate surface area is 164 Å². The molecule has 4 aromatic rings. The summed E-state index contributed by atoms with van der Waals surface area (Å²) in [6, 6.07) is 5.54. The van der Waals surface area contributed by atoms with E-state index in [1.54, 1.807) is 16.9 Å². The average Bonchev–Trinajstić information content (AvgIpc) is 3.45. The number of anilines is 1. The molecule has 0 fully saturated rings. The molecule has 0 saturated carbocycles. The lowest BCUT2D eigenvalue weighted by Gasteiger charge is -2.24. The van der Waals surface area contributed by atoms with Gasteiger partial charge in [0.05, 0.1) is 40.5 Å². The van der Waals surface area contributed by atoms with Crippen molar-refractivity contribution in [3.05, 3.63) is 53.7 Å². The van der Waals surface area contributed by atoms with E-state index >= 15 is 0 Å². The summed E-state index contributed by atoms with van der Waals surface area (Å²) < 4.78 is 14.3. The van der Waals surface area contributed by atoms with E-state index in [1.165, 1.54) is 6.20 Å². The largest absolute Gasteiger partial charge is 0.339 e. The molecular formula is C19H19FN8O. The molecule has 0 aliphatic carbocycles. The molecule has 0 atom stereocenters. The maximum Gasteiger partial charge on any atom is 0.259 e. The minimum atomic E-state index is -0.364. The first-order valence-electron chi connectivity index (χ1n) is 9.36. The SMILES string of the molecule is O=C(Nc1cn[nH]c1-c1nc2c([nH]1)CN(CCF)CC2)c1cnn2ccccc12. The van der Waals surface area contributed by atoms with Crippen molar-refractivity contribution in [3.63, 3.8) is 0 Å². The second kappa shape index (κ2) is 7.13. The number of pyridine rings is 1. The summed E-state index contributed by atoms with van der Waals surface area (Å²) in [4.78, 5) is 22.8. The molecular weight excluding hydrogens is 375 g/mol. The third kappa shape index (κ3) is 3.17. The van der Waals surface area contributed by atoms with Crippen LogP contribution in [0.5, 0.6) is 0 Å². The zero-order valence-corrected chi connectivity index (χ0v) is 15.5. The number of rotatable bonds is 5. The molecule has 10 heteroatoms. The number of fused-ring (bicyclic) bond motifs is 2. The number of carbonyl (C=O) groups excluding carboxylic acids is 1. The Hall–Kier alpha value is -3.53. The molecule has 0 radical (unpaired) electrons. The summed E-state index contributed by atoms with van der Waals surface area (Å²) in [6.45, 7) is 1.46. The van der Waals surface area contributed by atoms with Crippen LogP contribution in [-0.2, 0) is 13.0 Å². The monoisotopic (exact) mass is 394 g/mol. The van der Waals surface area contributed by atoms with Crippen molar-refractivity contribution in [1.82, 2.24) is 34.7 Å². The number of H-pyrrole nitrogens is 2. The van der Waals surface area contributed by atoms with Gasteiger partial charge in [-0.3, -0.25) is 14.8 Å². The van der Waals surface area contributed by atoms with Gasteiger partial charge in [0.2, 0.25) is 0 Å². The van der Waals surface area contributed by atoms with Crippen LogP contribution in [0.2, 0.25) is 0 Å². The van der Waals surface area contributed by atoms with Crippen LogP contribution in [0.15, 0.2) is 36.8 Å². The van der Waals surface area contributed by atoms with Crippen molar-refractivity contribution in [2.45, 2.75) is 13.0 Å². The smallest absolute Gasteiger partial charge is 0.259 e. The molecule has 4 aromatic heterocycles. The van der Waals surface area contributed by atoms with Gasteiger partial charge in [0.1, 0.15) is 12.4 Å². The van der Waals surface area contributed by atoms with Crippen LogP contribution in [0.3, 0.4) is 0 Å². The molecule has 0 unspecified atom stereocenters. The van der Waals surface area contributed by atoms with E-state index in [1.807, 2.05) is 23.1 Å². The van der Waals surface area contributed by atoms with Crippen molar-refractivity contribution in [2.24, 2.45) is 0 Å². The van der Waals surface area contributed by atoms with Crippen molar-refractivity contribution in [1.29, 1.82) is 0 Å². The zero-order chi connectivity index (χ0) is 19.8. The molecule has 1 aliphatic heterocycles. The van der Waals surface area contributed by atoms with Crippen molar-refractivity contribution in [3.8, 4) is 11.5 Å². The number of hydrogen-bond donors (Lipinski definition) is 3. The van der Waals surface area contributed by atoms with E-state index < -0.39 is 0 Å².